The summed E-state index contributed by atoms with van der Waals surface area (Å²) in [6, 6.07) is 13.6. The molecule has 1 fully saturated rings. The Kier molecular flexibility index (Phi) is 6.59. The lowest BCUT2D eigenvalue weighted by Crippen LogP contribution is -2.47. The number of aromatic hydroxyl groups is 1. The van der Waals surface area contributed by atoms with E-state index in [9.17, 15) is 14.7 Å². The van der Waals surface area contributed by atoms with Crippen molar-refractivity contribution in [2.75, 3.05) is 25.5 Å². The van der Waals surface area contributed by atoms with E-state index in [-0.39, 0.29) is 29.6 Å². The summed E-state index contributed by atoms with van der Waals surface area (Å²) in [5, 5.41) is 15.9. The van der Waals surface area contributed by atoms with Gasteiger partial charge in [-0.05, 0) is 50.1 Å². The molecule has 1 saturated heterocycles. The predicted octanol–water partition coefficient (Wildman–Crippen LogP) is 3.52. The van der Waals surface area contributed by atoms with Crippen LogP contribution in [-0.2, 0) is 4.79 Å². The van der Waals surface area contributed by atoms with E-state index in [0.717, 1.165) is 18.5 Å². The number of ether oxygens (including phenoxy) is 1. The lowest BCUT2D eigenvalue weighted by Gasteiger charge is -2.32. The largest absolute Gasteiger partial charge is 0.508 e. The number of anilines is 1. The first-order chi connectivity index (χ1) is 14.0. The summed E-state index contributed by atoms with van der Waals surface area (Å²) >= 11 is 0. The molecule has 7 nitrogen and oxygen atoms in total. The minimum absolute atomic E-state index is 0.103. The van der Waals surface area contributed by atoms with Gasteiger partial charge in [0.15, 0.2) is 0 Å². The number of benzene rings is 2. The number of methoxy groups -OCH3 is 1. The Labute approximate surface area is 170 Å². The van der Waals surface area contributed by atoms with Crippen LogP contribution in [0.5, 0.6) is 11.5 Å². The highest BCUT2D eigenvalue weighted by Gasteiger charge is 2.29. The number of carbonyl (C=O) groups excluding carboxylic acids is 2. The van der Waals surface area contributed by atoms with Crippen LogP contribution in [0.1, 0.15) is 31.4 Å². The molecule has 0 radical (unpaired) electrons. The number of carbonyl (C=O) groups is 2. The highest BCUT2D eigenvalue weighted by atomic mass is 16.5. The third kappa shape index (κ3) is 5.19. The second-order valence-corrected chi connectivity index (χ2v) is 7.24. The molecule has 3 amide bonds. The highest BCUT2D eigenvalue weighted by Crippen LogP contribution is 2.29. The summed E-state index contributed by atoms with van der Waals surface area (Å²) in [6.45, 7) is 2.80. The maximum atomic E-state index is 12.8. The van der Waals surface area contributed by atoms with Crippen LogP contribution in [0.3, 0.4) is 0 Å². The molecule has 0 saturated carbocycles. The van der Waals surface area contributed by atoms with Gasteiger partial charge in [0, 0.05) is 24.3 Å². The molecule has 29 heavy (non-hydrogen) atoms. The quantitative estimate of drug-likeness (QED) is 0.720. The number of urea groups is 1. The molecule has 154 valence electrons. The zero-order valence-corrected chi connectivity index (χ0v) is 16.7. The van der Waals surface area contributed by atoms with E-state index in [2.05, 4.69) is 10.6 Å². The van der Waals surface area contributed by atoms with Crippen molar-refractivity contribution in [1.82, 2.24) is 10.2 Å². The maximum Gasteiger partial charge on any atom is 0.321 e. The van der Waals surface area contributed by atoms with E-state index in [4.69, 9.17) is 4.74 Å². The molecule has 0 aromatic heterocycles. The van der Waals surface area contributed by atoms with Crippen LogP contribution in [0.4, 0.5) is 10.5 Å². The van der Waals surface area contributed by atoms with Gasteiger partial charge in [-0.1, -0.05) is 18.2 Å². The van der Waals surface area contributed by atoms with Crippen molar-refractivity contribution in [2.24, 2.45) is 5.92 Å². The Hall–Kier alpha value is -3.22. The molecule has 7 heteroatoms. The first-order valence-electron chi connectivity index (χ1n) is 9.76. The first kappa shape index (κ1) is 20.5. The molecule has 1 aliphatic rings. The van der Waals surface area contributed by atoms with E-state index in [1.807, 2.05) is 37.3 Å². The third-order valence-corrected chi connectivity index (χ3v) is 5.16. The Morgan fingerprint density at radius 1 is 1.21 bits per heavy atom. The maximum absolute atomic E-state index is 12.8. The zero-order chi connectivity index (χ0) is 20.8. The Balaban J connectivity index is 1.60. The van der Waals surface area contributed by atoms with E-state index >= 15 is 0 Å². The number of nitrogens with zero attached hydrogens (tertiary/aromatic N) is 1. The van der Waals surface area contributed by atoms with E-state index < -0.39 is 0 Å². The molecular formula is C22H27N3O4. The second-order valence-electron chi connectivity index (χ2n) is 7.24. The normalized spacial score (nSPS) is 17.3. The Bertz CT molecular complexity index is 856. The van der Waals surface area contributed by atoms with Crippen LogP contribution in [0.25, 0.3) is 0 Å². The number of hydrogen-bond donors (Lipinski definition) is 3. The highest BCUT2D eigenvalue weighted by molar-refractivity contribution is 5.90. The van der Waals surface area contributed by atoms with E-state index in [1.165, 1.54) is 0 Å². The van der Waals surface area contributed by atoms with Crippen LogP contribution >= 0.6 is 0 Å². The number of rotatable bonds is 5. The average molecular weight is 397 g/mol. The minimum atomic E-state index is -0.383. The van der Waals surface area contributed by atoms with Gasteiger partial charge in [-0.25, -0.2) is 4.79 Å². The van der Waals surface area contributed by atoms with E-state index in [1.54, 1.807) is 30.2 Å². The molecular weight excluding hydrogens is 370 g/mol. The average Bonchev–Trinajstić information content (AvgIpc) is 2.74. The van der Waals surface area contributed by atoms with Gasteiger partial charge in [0.2, 0.25) is 5.91 Å². The van der Waals surface area contributed by atoms with Crippen LogP contribution in [0.2, 0.25) is 0 Å². The van der Waals surface area contributed by atoms with Crippen LogP contribution in [0, 0.1) is 5.92 Å². The number of nitrogens with one attached hydrogen (secondary N) is 2. The molecule has 1 heterocycles. The molecule has 2 aromatic carbocycles. The van der Waals surface area contributed by atoms with Crippen molar-refractivity contribution in [3.63, 3.8) is 0 Å². The number of para-hydroxylation sites is 1. The molecule has 1 aliphatic heterocycles. The fraction of sp³-hybridized carbons (Fsp3) is 0.364. The summed E-state index contributed by atoms with van der Waals surface area (Å²) in [6.07, 6.45) is 1.48. The molecule has 0 bridgehead atoms. The second kappa shape index (κ2) is 9.32. The topological polar surface area (TPSA) is 90.9 Å². The van der Waals surface area contributed by atoms with E-state index in [0.29, 0.717) is 24.4 Å². The number of phenols is 1. The number of hydrogen-bond acceptors (Lipinski definition) is 4. The number of piperidine rings is 1. The van der Waals surface area contributed by atoms with Crippen molar-refractivity contribution in [2.45, 2.75) is 25.8 Å². The summed E-state index contributed by atoms with van der Waals surface area (Å²) in [5.41, 5.74) is 1.32. The van der Waals surface area contributed by atoms with Crippen molar-refractivity contribution in [3.8, 4) is 11.5 Å². The van der Waals surface area contributed by atoms with Gasteiger partial charge in [-0.3, -0.25) is 4.79 Å². The summed E-state index contributed by atoms with van der Waals surface area (Å²) in [7, 11) is 1.55. The molecule has 0 aliphatic carbocycles. The van der Waals surface area contributed by atoms with Crippen LogP contribution in [0.15, 0.2) is 48.5 Å². The van der Waals surface area contributed by atoms with Gasteiger partial charge in [0.25, 0.3) is 0 Å². The molecule has 2 atom stereocenters. The van der Waals surface area contributed by atoms with Crippen molar-refractivity contribution in [3.05, 3.63) is 54.1 Å². The standard InChI is InChI=1S/C22H27N3O4/c1-15(19-13-18(29-2)10-11-20(19)26)23-21(27)16-7-6-12-25(14-16)22(28)24-17-8-4-3-5-9-17/h3-5,8-11,13,15-16,26H,6-7,12,14H2,1-2H3,(H,23,27)(H,24,28)/t15-,16+/m0/s1. The Morgan fingerprint density at radius 3 is 2.69 bits per heavy atom. The van der Waals surface area contributed by atoms with Gasteiger partial charge in [0.1, 0.15) is 11.5 Å². The van der Waals surface area contributed by atoms with Crippen LogP contribution in [-0.4, -0.2) is 42.1 Å². The van der Waals surface area contributed by atoms with Crippen molar-refractivity contribution in [1.29, 1.82) is 0 Å². The number of likely N-dealkylation sites (tertiary alicyclic amines) is 1. The molecule has 0 unspecified atom stereocenters. The minimum Gasteiger partial charge on any atom is -0.508 e. The molecule has 2 aromatic rings. The van der Waals surface area contributed by atoms with Crippen LogP contribution < -0.4 is 15.4 Å². The monoisotopic (exact) mass is 397 g/mol. The predicted molar refractivity (Wildman–Crippen MR) is 111 cm³/mol. The zero-order valence-electron chi connectivity index (χ0n) is 16.7. The van der Waals surface area contributed by atoms with Gasteiger partial charge < -0.3 is 25.4 Å². The summed E-state index contributed by atoms with van der Waals surface area (Å²) in [4.78, 5) is 27.0. The fourth-order valence-electron chi connectivity index (χ4n) is 3.52. The fourth-order valence-corrected chi connectivity index (χ4v) is 3.52. The van der Waals surface area contributed by atoms with Gasteiger partial charge in [0.05, 0.1) is 19.1 Å². The number of amides is 3. The molecule has 3 rings (SSSR count). The van der Waals surface area contributed by atoms with Gasteiger partial charge >= 0.3 is 6.03 Å². The Morgan fingerprint density at radius 2 is 1.97 bits per heavy atom. The molecule has 0 spiro atoms. The first-order valence-corrected chi connectivity index (χ1v) is 9.76. The lowest BCUT2D eigenvalue weighted by atomic mass is 9.96. The van der Waals surface area contributed by atoms with Gasteiger partial charge in [-0.15, -0.1) is 0 Å². The number of phenolic OH excluding ortho intramolecular Hbond substituents is 1. The summed E-state index contributed by atoms with van der Waals surface area (Å²) in [5.74, 6) is 0.295. The van der Waals surface area contributed by atoms with Crippen molar-refractivity contribution >= 4 is 17.6 Å². The van der Waals surface area contributed by atoms with Gasteiger partial charge in [-0.2, -0.15) is 0 Å². The third-order valence-electron chi connectivity index (χ3n) is 5.16. The molecule has 3 N–H and O–H groups in total. The lowest BCUT2D eigenvalue weighted by molar-refractivity contribution is -0.126. The van der Waals surface area contributed by atoms with Crippen molar-refractivity contribution < 1.29 is 19.4 Å². The SMILES string of the molecule is COc1ccc(O)c([C@H](C)NC(=O)[C@@H]2CCCN(C(=O)Nc3ccccc3)C2)c1. The smallest absolute Gasteiger partial charge is 0.321 e. The summed E-state index contributed by atoms with van der Waals surface area (Å²) < 4.78 is 5.20.